The van der Waals surface area contributed by atoms with Crippen molar-refractivity contribution in [3.05, 3.63) is 11.6 Å². The molecular weight excluding hydrogens is 310 g/mol. The predicted octanol–water partition coefficient (Wildman–Crippen LogP) is -0.820. The lowest BCUT2D eigenvalue weighted by atomic mass is 9.96. The van der Waals surface area contributed by atoms with Crippen LogP contribution in [0.2, 0.25) is 0 Å². The van der Waals surface area contributed by atoms with E-state index in [1.807, 2.05) is 7.05 Å². The number of hydrogen-bond acceptors (Lipinski definition) is 7. The van der Waals surface area contributed by atoms with Gasteiger partial charge in [-0.2, -0.15) is 0 Å². The second-order valence-corrected chi connectivity index (χ2v) is 6.78. The molecule has 0 bridgehead atoms. The topological polar surface area (TPSA) is 86.9 Å². The number of nitrogens with zero attached hydrogens (tertiary/aromatic N) is 5. The highest BCUT2D eigenvalue weighted by atomic mass is 16.5. The van der Waals surface area contributed by atoms with E-state index >= 15 is 0 Å². The third-order valence-electron chi connectivity index (χ3n) is 5.22. The van der Waals surface area contributed by atoms with Crippen LogP contribution in [-0.4, -0.2) is 93.4 Å². The zero-order valence-electron chi connectivity index (χ0n) is 14.5. The smallest absolute Gasteiger partial charge is 0.146 e. The number of ether oxygens (including phenoxy) is 1. The van der Waals surface area contributed by atoms with Crippen molar-refractivity contribution in [2.24, 2.45) is 7.05 Å². The van der Waals surface area contributed by atoms with Gasteiger partial charge in [-0.3, -0.25) is 9.80 Å². The molecule has 8 nitrogen and oxygen atoms in total. The number of morpholine rings is 1. The number of piperidine rings is 1. The quantitative estimate of drug-likeness (QED) is 0.700. The lowest BCUT2D eigenvalue weighted by molar-refractivity contribution is 0.0325. The van der Waals surface area contributed by atoms with Gasteiger partial charge < -0.3 is 19.5 Å². The first-order valence-electron chi connectivity index (χ1n) is 8.87. The fraction of sp³-hybridized carbons (Fsp3) is 0.875. The van der Waals surface area contributed by atoms with Crippen molar-refractivity contribution >= 4 is 0 Å². The average Bonchev–Trinajstić information content (AvgIpc) is 2.98. The van der Waals surface area contributed by atoms with Crippen LogP contribution >= 0.6 is 0 Å². The maximum absolute atomic E-state index is 9.43. The summed E-state index contributed by atoms with van der Waals surface area (Å²) in [5, 5.41) is 27.7. The average molecular weight is 339 g/mol. The van der Waals surface area contributed by atoms with E-state index in [2.05, 4.69) is 24.6 Å². The van der Waals surface area contributed by atoms with Gasteiger partial charge in [-0.1, -0.05) is 0 Å². The maximum Gasteiger partial charge on any atom is 0.146 e. The summed E-state index contributed by atoms with van der Waals surface area (Å²) in [4.78, 5) is 4.52. The number of hydrogen-bond donors (Lipinski definition) is 2. The van der Waals surface area contributed by atoms with Crippen LogP contribution in [0.5, 0.6) is 0 Å². The molecule has 24 heavy (non-hydrogen) atoms. The fourth-order valence-electron chi connectivity index (χ4n) is 3.67. The van der Waals surface area contributed by atoms with Crippen LogP contribution < -0.4 is 0 Å². The lowest BCUT2D eigenvalue weighted by Gasteiger charge is -2.36. The largest absolute Gasteiger partial charge is 0.395 e. The van der Waals surface area contributed by atoms with Gasteiger partial charge in [-0.15, -0.1) is 10.2 Å². The molecule has 3 heterocycles. The van der Waals surface area contributed by atoms with Crippen LogP contribution in [-0.2, 0) is 18.3 Å². The van der Waals surface area contributed by atoms with Crippen LogP contribution in [0.4, 0.5) is 0 Å². The Morgan fingerprint density at radius 2 is 1.92 bits per heavy atom. The number of aliphatic hydroxyl groups is 2. The van der Waals surface area contributed by atoms with E-state index in [4.69, 9.17) is 4.74 Å². The summed E-state index contributed by atoms with van der Waals surface area (Å²) in [6.45, 7) is 5.96. The van der Waals surface area contributed by atoms with Crippen molar-refractivity contribution in [3.63, 3.8) is 0 Å². The Labute approximate surface area is 143 Å². The van der Waals surface area contributed by atoms with E-state index in [1.54, 1.807) is 0 Å². The summed E-state index contributed by atoms with van der Waals surface area (Å²) in [7, 11) is 2.04. The first kappa shape index (κ1) is 17.8. The molecule has 1 unspecified atom stereocenters. The molecule has 0 radical (unpaired) electrons. The SMILES string of the molecule is Cn1c(CN2CCOCC2)nnc1C1CCCN(C(CO)CO)C1. The van der Waals surface area contributed by atoms with Crippen molar-refractivity contribution in [2.75, 3.05) is 52.6 Å². The Bertz CT molecular complexity index is 514. The normalized spacial score (nSPS) is 23.9. The standard InChI is InChI=1S/C16H29N5O3/c1-19-15(10-20-5-7-24-8-6-20)17-18-16(19)13-3-2-4-21(9-13)14(11-22)12-23/h13-14,22-23H,2-12H2,1H3. The monoisotopic (exact) mass is 339 g/mol. The minimum absolute atomic E-state index is 0.00961. The third kappa shape index (κ3) is 3.94. The lowest BCUT2D eigenvalue weighted by Crippen LogP contribution is -2.46. The number of aliphatic hydroxyl groups excluding tert-OH is 2. The summed E-state index contributed by atoms with van der Waals surface area (Å²) < 4.78 is 7.51. The molecule has 136 valence electrons. The molecule has 2 aliphatic heterocycles. The van der Waals surface area contributed by atoms with Gasteiger partial charge in [0.2, 0.25) is 0 Å². The maximum atomic E-state index is 9.43. The Hall–Kier alpha value is -1.06. The molecule has 8 heteroatoms. The number of aromatic nitrogens is 3. The van der Waals surface area contributed by atoms with Crippen LogP contribution in [0.3, 0.4) is 0 Å². The molecule has 1 atom stereocenters. The van der Waals surface area contributed by atoms with Gasteiger partial charge in [0.15, 0.2) is 0 Å². The Morgan fingerprint density at radius 1 is 1.17 bits per heavy atom. The number of likely N-dealkylation sites (tertiary alicyclic amines) is 1. The minimum Gasteiger partial charge on any atom is -0.395 e. The van der Waals surface area contributed by atoms with Crippen LogP contribution in [0, 0.1) is 0 Å². The van der Waals surface area contributed by atoms with Gasteiger partial charge in [0.05, 0.1) is 39.0 Å². The second-order valence-electron chi connectivity index (χ2n) is 6.78. The van der Waals surface area contributed by atoms with Gasteiger partial charge in [-0.05, 0) is 19.4 Å². The number of rotatable bonds is 6. The van der Waals surface area contributed by atoms with E-state index < -0.39 is 0 Å². The van der Waals surface area contributed by atoms with E-state index in [0.717, 1.165) is 70.4 Å². The van der Waals surface area contributed by atoms with Gasteiger partial charge in [0.25, 0.3) is 0 Å². The zero-order chi connectivity index (χ0) is 16.9. The zero-order valence-corrected chi connectivity index (χ0v) is 14.5. The summed E-state index contributed by atoms with van der Waals surface area (Å²) in [6.07, 6.45) is 2.12. The predicted molar refractivity (Wildman–Crippen MR) is 88.6 cm³/mol. The van der Waals surface area contributed by atoms with Crippen molar-refractivity contribution in [3.8, 4) is 0 Å². The van der Waals surface area contributed by atoms with Crippen molar-refractivity contribution in [2.45, 2.75) is 31.3 Å². The van der Waals surface area contributed by atoms with Gasteiger partial charge in [0, 0.05) is 32.6 Å². The molecule has 1 aromatic heterocycles. The van der Waals surface area contributed by atoms with E-state index in [9.17, 15) is 10.2 Å². The van der Waals surface area contributed by atoms with Crippen LogP contribution in [0.15, 0.2) is 0 Å². The first-order chi connectivity index (χ1) is 11.7. The Balaban J connectivity index is 1.66. The van der Waals surface area contributed by atoms with E-state index in [0.29, 0.717) is 5.92 Å². The van der Waals surface area contributed by atoms with Gasteiger partial charge in [-0.25, -0.2) is 0 Å². The van der Waals surface area contributed by atoms with Crippen molar-refractivity contribution in [1.82, 2.24) is 24.6 Å². The molecule has 0 aliphatic carbocycles. The van der Waals surface area contributed by atoms with Crippen LogP contribution in [0.25, 0.3) is 0 Å². The summed E-state index contributed by atoms with van der Waals surface area (Å²) >= 11 is 0. The molecule has 2 N–H and O–H groups in total. The summed E-state index contributed by atoms with van der Waals surface area (Å²) in [6, 6.07) is -0.172. The third-order valence-corrected chi connectivity index (χ3v) is 5.22. The van der Waals surface area contributed by atoms with Gasteiger partial charge >= 0.3 is 0 Å². The highest BCUT2D eigenvalue weighted by Crippen LogP contribution is 2.27. The highest BCUT2D eigenvalue weighted by Gasteiger charge is 2.29. The molecule has 1 aromatic rings. The summed E-state index contributed by atoms with van der Waals surface area (Å²) in [5.41, 5.74) is 0. The Kier molecular flexibility index (Phi) is 6.18. The fourth-order valence-corrected chi connectivity index (χ4v) is 3.67. The molecule has 0 saturated carbocycles. The molecule has 0 spiro atoms. The molecule has 3 rings (SSSR count). The molecule has 2 saturated heterocycles. The van der Waals surface area contributed by atoms with Crippen LogP contribution in [0.1, 0.15) is 30.4 Å². The first-order valence-corrected chi connectivity index (χ1v) is 8.87. The van der Waals surface area contributed by atoms with Gasteiger partial charge in [0.1, 0.15) is 11.6 Å². The molecule has 0 amide bonds. The highest BCUT2D eigenvalue weighted by molar-refractivity contribution is 5.04. The second kappa shape index (κ2) is 8.35. The Morgan fingerprint density at radius 3 is 2.62 bits per heavy atom. The summed E-state index contributed by atoms with van der Waals surface area (Å²) in [5.74, 6) is 2.30. The van der Waals surface area contributed by atoms with E-state index in [1.165, 1.54) is 0 Å². The molecule has 2 fully saturated rings. The molecule has 2 aliphatic rings. The van der Waals surface area contributed by atoms with Crippen molar-refractivity contribution in [1.29, 1.82) is 0 Å². The molecular formula is C16H29N5O3. The molecule has 0 aromatic carbocycles. The minimum atomic E-state index is -0.172. The van der Waals surface area contributed by atoms with E-state index in [-0.39, 0.29) is 19.3 Å². The van der Waals surface area contributed by atoms with Crippen molar-refractivity contribution < 1.29 is 14.9 Å².